The van der Waals surface area contributed by atoms with Gasteiger partial charge in [-0.3, -0.25) is 4.79 Å². The van der Waals surface area contributed by atoms with Gasteiger partial charge in [-0.15, -0.1) is 0 Å². The molecule has 0 bridgehead atoms. The van der Waals surface area contributed by atoms with Crippen LogP contribution in [0.1, 0.15) is 44.0 Å². The van der Waals surface area contributed by atoms with Crippen LogP contribution in [0.5, 0.6) is 0 Å². The summed E-state index contributed by atoms with van der Waals surface area (Å²) < 4.78 is 2.29. The summed E-state index contributed by atoms with van der Waals surface area (Å²) in [5.41, 5.74) is 1.10. The van der Waals surface area contributed by atoms with Gasteiger partial charge >= 0.3 is 0 Å². The summed E-state index contributed by atoms with van der Waals surface area (Å²) in [6.45, 7) is 7.14. The van der Waals surface area contributed by atoms with Crippen LogP contribution in [0, 0.1) is 5.92 Å². The molecule has 1 amide bonds. The maximum absolute atomic E-state index is 12.4. The molecule has 0 saturated carbocycles. The minimum absolute atomic E-state index is 0.255. The topological polar surface area (TPSA) is 38.1 Å². The average molecular weight is 325 g/mol. The van der Waals surface area contributed by atoms with Crippen LogP contribution in [-0.4, -0.2) is 33.4 Å². The fourth-order valence-electron chi connectivity index (χ4n) is 3.50. The molecule has 1 fully saturated rings. The molecular weight excluding hydrogens is 298 g/mol. The van der Waals surface area contributed by atoms with E-state index in [-0.39, 0.29) is 5.91 Å². The Kier molecular flexibility index (Phi) is 5.34. The van der Waals surface area contributed by atoms with E-state index in [0.717, 1.165) is 43.9 Å². The number of likely N-dealkylation sites (tertiary alicyclic amines) is 1. The lowest BCUT2D eigenvalue weighted by atomic mass is 9.96. The van der Waals surface area contributed by atoms with E-state index in [9.17, 15) is 4.79 Å². The number of imidazole rings is 1. The highest BCUT2D eigenvalue weighted by atomic mass is 16.2. The number of nitrogens with zero attached hydrogens (tertiary/aromatic N) is 3. The molecule has 0 spiro atoms. The molecule has 4 nitrogen and oxygen atoms in total. The third kappa shape index (κ3) is 4.05. The molecule has 0 atom stereocenters. The molecule has 3 rings (SSSR count). The van der Waals surface area contributed by atoms with Crippen molar-refractivity contribution in [1.29, 1.82) is 0 Å². The highest BCUT2D eigenvalue weighted by molar-refractivity contribution is 5.78. The van der Waals surface area contributed by atoms with Crippen molar-refractivity contribution in [3.8, 4) is 0 Å². The molecule has 0 N–H and O–H groups in total. The third-order valence-electron chi connectivity index (χ3n) is 4.88. The van der Waals surface area contributed by atoms with Crippen LogP contribution in [0.4, 0.5) is 0 Å². The zero-order chi connectivity index (χ0) is 16.9. The van der Waals surface area contributed by atoms with E-state index in [1.807, 2.05) is 41.4 Å². The largest absolute Gasteiger partial charge is 0.342 e. The Labute approximate surface area is 144 Å². The molecule has 1 aliphatic rings. The van der Waals surface area contributed by atoms with E-state index in [2.05, 4.69) is 29.6 Å². The molecule has 4 heteroatoms. The first-order valence-corrected chi connectivity index (χ1v) is 8.96. The summed E-state index contributed by atoms with van der Waals surface area (Å²) in [4.78, 5) is 18.9. The lowest BCUT2D eigenvalue weighted by Crippen LogP contribution is -2.40. The van der Waals surface area contributed by atoms with Gasteiger partial charge in [-0.25, -0.2) is 4.98 Å². The summed E-state index contributed by atoms with van der Waals surface area (Å²) >= 11 is 0. The number of carbonyl (C=O) groups is 1. The fourth-order valence-corrected chi connectivity index (χ4v) is 3.50. The van der Waals surface area contributed by atoms with Crippen LogP contribution in [0.25, 0.3) is 0 Å². The second kappa shape index (κ2) is 7.65. The minimum atomic E-state index is 0.255. The lowest BCUT2D eigenvalue weighted by molar-refractivity contribution is -0.131. The van der Waals surface area contributed by atoms with Crippen molar-refractivity contribution >= 4 is 5.91 Å². The van der Waals surface area contributed by atoms with Crippen molar-refractivity contribution in [1.82, 2.24) is 14.5 Å². The Balaban J connectivity index is 1.50. The molecule has 24 heavy (non-hydrogen) atoms. The van der Waals surface area contributed by atoms with Gasteiger partial charge < -0.3 is 9.47 Å². The van der Waals surface area contributed by atoms with Crippen LogP contribution >= 0.6 is 0 Å². The second-order valence-electron chi connectivity index (χ2n) is 7.08. The van der Waals surface area contributed by atoms with Crippen molar-refractivity contribution in [2.24, 2.45) is 5.92 Å². The highest BCUT2D eigenvalue weighted by Gasteiger charge is 2.23. The monoisotopic (exact) mass is 325 g/mol. The molecule has 0 aliphatic carbocycles. The standard InChI is InChI=1S/C20H27N3O/c1-16(2)20-21-10-13-23(20)15-18-8-11-22(12-9-18)19(24)14-17-6-4-3-5-7-17/h3-7,10,13,16,18H,8-9,11-12,14-15H2,1-2H3. The minimum Gasteiger partial charge on any atom is -0.342 e. The Hall–Kier alpha value is -2.10. The molecule has 0 radical (unpaired) electrons. The van der Waals surface area contributed by atoms with E-state index in [1.54, 1.807) is 0 Å². The Morgan fingerprint density at radius 1 is 1.21 bits per heavy atom. The van der Waals surface area contributed by atoms with Crippen LogP contribution in [0.15, 0.2) is 42.7 Å². The maximum atomic E-state index is 12.4. The van der Waals surface area contributed by atoms with Crippen molar-refractivity contribution in [3.63, 3.8) is 0 Å². The van der Waals surface area contributed by atoms with Crippen molar-refractivity contribution < 1.29 is 4.79 Å². The zero-order valence-electron chi connectivity index (χ0n) is 14.7. The Morgan fingerprint density at radius 2 is 1.92 bits per heavy atom. The van der Waals surface area contributed by atoms with Crippen LogP contribution in [0.3, 0.4) is 0 Å². The fraction of sp³-hybridized carbons (Fsp3) is 0.500. The SMILES string of the molecule is CC(C)c1nccn1CC1CCN(C(=O)Cc2ccccc2)CC1. The summed E-state index contributed by atoms with van der Waals surface area (Å²) in [7, 11) is 0. The van der Waals surface area contributed by atoms with Gasteiger partial charge in [0.05, 0.1) is 6.42 Å². The predicted octanol–water partition coefficient (Wildman–Crippen LogP) is 3.49. The molecule has 1 aromatic carbocycles. The number of aromatic nitrogens is 2. The summed E-state index contributed by atoms with van der Waals surface area (Å²) in [6, 6.07) is 10.0. The van der Waals surface area contributed by atoms with Gasteiger partial charge in [0.1, 0.15) is 5.82 Å². The number of hydrogen-bond acceptors (Lipinski definition) is 2. The van der Waals surface area contributed by atoms with E-state index in [4.69, 9.17) is 0 Å². The van der Waals surface area contributed by atoms with E-state index >= 15 is 0 Å². The number of hydrogen-bond donors (Lipinski definition) is 0. The van der Waals surface area contributed by atoms with E-state index < -0.39 is 0 Å². The molecule has 1 saturated heterocycles. The van der Waals surface area contributed by atoms with E-state index in [1.165, 1.54) is 0 Å². The van der Waals surface area contributed by atoms with E-state index in [0.29, 0.717) is 18.3 Å². The quantitative estimate of drug-likeness (QED) is 0.844. The molecule has 2 aromatic rings. The molecule has 1 aromatic heterocycles. The molecule has 1 aliphatic heterocycles. The first-order valence-electron chi connectivity index (χ1n) is 8.96. The van der Waals surface area contributed by atoms with Gasteiger partial charge in [0, 0.05) is 37.9 Å². The Bertz CT molecular complexity index is 655. The number of amides is 1. The summed E-state index contributed by atoms with van der Waals surface area (Å²) in [6.07, 6.45) is 6.66. The second-order valence-corrected chi connectivity index (χ2v) is 7.08. The number of benzene rings is 1. The first-order chi connectivity index (χ1) is 11.6. The first kappa shape index (κ1) is 16.7. The van der Waals surface area contributed by atoms with Crippen molar-refractivity contribution in [2.75, 3.05) is 13.1 Å². The summed E-state index contributed by atoms with van der Waals surface area (Å²) in [5.74, 6) is 2.51. The zero-order valence-corrected chi connectivity index (χ0v) is 14.7. The third-order valence-corrected chi connectivity index (χ3v) is 4.88. The van der Waals surface area contributed by atoms with Crippen molar-refractivity contribution in [3.05, 3.63) is 54.1 Å². The molecule has 128 valence electrons. The van der Waals surface area contributed by atoms with Crippen LogP contribution in [0.2, 0.25) is 0 Å². The molecular formula is C20H27N3O. The van der Waals surface area contributed by atoms with Gasteiger partial charge in [0.25, 0.3) is 0 Å². The van der Waals surface area contributed by atoms with Gasteiger partial charge in [-0.2, -0.15) is 0 Å². The van der Waals surface area contributed by atoms with Gasteiger partial charge in [-0.05, 0) is 24.3 Å². The predicted molar refractivity (Wildman–Crippen MR) is 95.8 cm³/mol. The Morgan fingerprint density at radius 3 is 2.58 bits per heavy atom. The van der Waals surface area contributed by atoms with Gasteiger partial charge in [0.2, 0.25) is 5.91 Å². The smallest absolute Gasteiger partial charge is 0.226 e. The van der Waals surface area contributed by atoms with Crippen molar-refractivity contribution in [2.45, 2.75) is 45.6 Å². The van der Waals surface area contributed by atoms with Crippen LogP contribution in [-0.2, 0) is 17.8 Å². The van der Waals surface area contributed by atoms with Crippen LogP contribution < -0.4 is 0 Å². The van der Waals surface area contributed by atoms with Gasteiger partial charge in [0.15, 0.2) is 0 Å². The molecule has 0 unspecified atom stereocenters. The van der Waals surface area contributed by atoms with Gasteiger partial charge in [-0.1, -0.05) is 44.2 Å². The maximum Gasteiger partial charge on any atom is 0.226 e. The highest BCUT2D eigenvalue weighted by Crippen LogP contribution is 2.22. The average Bonchev–Trinajstić information content (AvgIpc) is 3.05. The lowest BCUT2D eigenvalue weighted by Gasteiger charge is -2.32. The molecule has 2 heterocycles. The normalized spacial score (nSPS) is 15.9. The number of rotatable bonds is 5. The number of carbonyl (C=O) groups excluding carboxylic acids is 1. The summed E-state index contributed by atoms with van der Waals surface area (Å²) in [5, 5.41) is 0. The number of piperidine rings is 1.